The predicted octanol–water partition coefficient (Wildman–Crippen LogP) is 13.3. The highest BCUT2D eigenvalue weighted by molar-refractivity contribution is 6.31. The second-order valence-electron chi connectivity index (χ2n) is 14.3. The molecule has 0 spiro atoms. The van der Waals surface area contributed by atoms with E-state index in [0.29, 0.717) is 17.5 Å². The summed E-state index contributed by atoms with van der Waals surface area (Å²) in [6, 6.07) is 63.7. The summed E-state index contributed by atoms with van der Waals surface area (Å²) >= 11 is 0. The van der Waals surface area contributed by atoms with E-state index in [2.05, 4.69) is 156 Å². The summed E-state index contributed by atoms with van der Waals surface area (Å²) in [7, 11) is 0. The first-order chi connectivity index (χ1) is 27.8. The van der Waals surface area contributed by atoms with E-state index in [1.165, 1.54) is 5.39 Å². The molecule has 0 atom stereocenters. The van der Waals surface area contributed by atoms with Gasteiger partial charge in [-0.05, 0) is 69.4 Å². The fourth-order valence-electron chi connectivity index (χ4n) is 8.75. The Balaban J connectivity index is 1.26. The maximum absolute atomic E-state index is 6.84. The van der Waals surface area contributed by atoms with E-state index >= 15 is 0 Å². The molecule has 0 saturated heterocycles. The summed E-state index contributed by atoms with van der Waals surface area (Å²) in [6.45, 7) is 0. The van der Waals surface area contributed by atoms with Gasteiger partial charge in [0.1, 0.15) is 11.2 Å². The molecule has 3 aromatic heterocycles. The van der Waals surface area contributed by atoms with Crippen molar-refractivity contribution < 1.29 is 4.42 Å². The molecule has 0 radical (unpaired) electrons. The van der Waals surface area contributed by atoms with Crippen LogP contribution in [-0.2, 0) is 0 Å². The van der Waals surface area contributed by atoms with E-state index in [4.69, 9.17) is 19.4 Å². The van der Waals surface area contributed by atoms with Crippen LogP contribution in [0, 0.1) is 0 Å². The Bertz CT molecular complexity index is 3530. The molecule has 12 aromatic rings. The molecule has 0 unspecified atom stereocenters. The Hall–Kier alpha value is -7.63. The number of benzene rings is 9. The number of para-hydroxylation sites is 3. The van der Waals surface area contributed by atoms with Crippen LogP contribution < -0.4 is 0 Å². The number of nitrogens with zero attached hydrogens (tertiary/aromatic N) is 4. The number of hydrogen-bond donors (Lipinski definition) is 0. The molecular formula is C51H30N4O. The smallest absolute Gasteiger partial charge is 0.164 e. The summed E-state index contributed by atoms with van der Waals surface area (Å²) in [5.41, 5.74) is 7.73. The van der Waals surface area contributed by atoms with E-state index in [1.54, 1.807) is 0 Å². The molecule has 56 heavy (non-hydrogen) atoms. The van der Waals surface area contributed by atoms with Gasteiger partial charge >= 0.3 is 0 Å². The van der Waals surface area contributed by atoms with Gasteiger partial charge < -0.3 is 8.98 Å². The van der Waals surface area contributed by atoms with Crippen LogP contribution in [0.4, 0.5) is 0 Å². The lowest BCUT2D eigenvalue weighted by Gasteiger charge is -2.14. The van der Waals surface area contributed by atoms with Gasteiger partial charge in [0.15, 0.2) is 17.5 Å². The first kappa shape index (κ1) is 30.8. The van der Waals surface area contributed by atoms with E-state index in [1.807, 2.05) is 30.3 Å². The highest BCUT2D eigenvalue weighted by Gasteiger charge is 2.24. The van der Waals surface area contributed by atoms with Gasteiger partial charge in [0.2, 0.25) is 0 Å². The third-order valence-electron chi connectivity index (χ3n) is 11.2. The predicted molar refractivity (Wildman–Crippen MR) is 230 cm³/mol. The molecule has 12 rings (SSSR count). The lowest BCUT2D eigenvalue weighted by atomic mass is 9.95. The van der Waals surface area contributed by atoms with Crippen LogP contribution in [0.25, 0.3) is 116 Å². The molecule has 5 nitrogen and oxygen atoms in total. The van der Waals surface area contributed by atoms with Crippen molar-refractivity contribution in [3.8, 4) is 39.9 Å². The second kappa shape index (κ2) is 11.9. The molecule has 0 fully saturated rings. The zero-order chi connectivity index (χ0) is 36.7. The van der Waals surface area contributed by atoms with Crippen molar-refractivity contribution in [2.75, 3.05) is 0 Å². The van der Waals surface area contributed by atoms with E-state index < -0.39 is 0 Å². The number of hydrogen-bond acceptors (Lipinski definition) is 4. The fourth-order valence-corrected chi connectivity index (χ4v) is 8.75. The molecular weight excluding hydrogens is 685 g/mol. The molecule has 0 aliphatic heterocycles. The van der Waals surface area contributed by atoms with Gasteiger partial charge in [0.05, 0.1) is 11.0 Å². The topological polar surface area (TPSA) is 56.7 Å². The average molecular weight is 715 g/mol. The van der Waals surface area contributed by atoms with Gasteiger partial charge in [-0.15, -0.1) is 0 Å². The summed E-state index contributed by atoms with van der Waals surface area (Å²) in [5.74, 6) is 1.83. The normalized spacial score (nSPS) is 11.9. The molecule has 5 heteroatoms. The van der Waals surface area contributed by atoms with E-state index in [-0.39, 0.29) is 0 Å². The van der Waals surface area contributed by atoms with Crippen molar-refractivity contribution in [3.05, 3.63) is 182 Å². The minimum absolute atomic E-state index is 0.596. The van der Waals surface area contributed by atoms with Crippen molar-refractivity contribution in [1.29, 1.82) is 0 Å². The Morgan fingerprint density at radius 2 is 0.964 bits per heavy atom. The molecule has 0 aliphatic carbocycles. The Kier molecular flexibility index (Phi) is 6.56. The van der Waals surface area contributed by atoms with Gasteiger partial charge in [-0.3, -0.25) is 0 Å². The monoisotopic (exact) mass is 714 g/mol. The molecule has 3 heterocycles. The lowest BCUT2D eigenvalue weighted by Crippen LogP contribution is -2.02. The van der Waals surface area contributed by atoms with Crippen LogP contribution in [-0.4, -0.2) is 19.5 Å². The Labute approximate surface area is 320 Å². The fraction of sp³-hybridized carbons (Fsp3) is 0. The van der Waals surface area contributed by atoms with Gasteiger partial charge in [-0.1, -0.05) is 140 Å². The highest BCUT2D eigenvalue weighted by Crippen LogP contribution is 2.46. The third-order valence-corrected chi connectivity index (χ3v) is 11.2. The van der Waals surface area contributed by atoms with Crippen LogP contribution in [0.5, 0.6) is 0 Å². The number of fused-ring (bicyclic) bond motifs is 12. The Morgan fingerprint density at radius 1 is 0.375 bits per heavy atom. The van der Waals surface area contributed by atoms with Crippen molar-refractivity contribution in [3.63, 3.8) is 0 Å². The van der Waals surface area contributed by atoms with E-state index in [0.717, 1.165) is 93.1 Å². The van der Waals surface area contributed by atoms with Gasteiger partial charge in [-0.2, -0.15) is 0 Å². The maximum atomic E-state index is 6.84. The standard InChI is InChI=1S/C51H30N4O/c1-3-15-31(16-4-1)49-52-50(41-29-32-17-7-8-20-34(32)35-21-9-10-22-36(35)41)54-51(53-49)42-30-44-46(40-24-11-13-25-43(40)55(44)33-18-5-2-6-19-33)47-38(42)27-28-39-37-23-12-14-26-45(37)56-48(39)47/h1-30H. The molecule has 0 N–H and O–H groups in total. The number of aromatic nitrogens is 4. The van der Waals surface area contributed by atoms with Crippen molar-refractivity contribution in [2.45, 2.75) is 0 Å². The largest absolute Gasteiger partial charge is 0.455 e. The maximum Gasteiger partial charge on any atom is 0.164 e. The van der Waals surface area contributed by atoms with E-state index in [9.17, 15) is 0 Å². The second-order valence-corrected chi connectivity index (χ2v) is 14.3. The highest BCUT2D eigenvalue weighted by atomic mass is 16.3. The van der Waals surface area contributed by atoms with Crippen LogP contribution in [0.3, 0.4) is 0 Å². The summed E-state index contributed by atoms with van der Waals surface area (Å²) < 4.78 is 9.19. The third kappa shape index (κ3) is 4.52. The van der Waals surface area contributed by atoms with Crippen LogP contribution >= 0.6 is 0 Å². The van der Waals surface area contributed by atoms with Crippen LogP contribution in [0.1, 0.15) is 0 Å². The Morgan fingerprint density at radius 3 is 1.77 bits per heavy atom. The van der Waals surface area contributed by atoms with Crippen LogP contribution in [0.15, 0.2) is 186 Å². The molecule has 260 valence electrons. The summed E-state index contributed by atoms with van der Waals surface area (Å²) in [5, 5.41) is 11.1. The van der Waals surface area contributed by atoms with Crippen molar-refractivity contribution in [2.24, 2.45) is 0 Å². The molecule has 9 aromatic carbocycles. The van der Waals surface area contributed by atoms with Crippen LogP contribution in [0.2, 0.25) is 0 Å². The molecule has 0 aliphatic rings. The SMILES string of the molecule is c1ccc(-c2nc(-c3cc4ccccc4c4ccccc34)nc(-c3cc4c(c5ccccc5n4-c4ccccc4)c4c3ccc3c5ccccc5oc34)n2)cc1. The molecule has 0 amide bonds. The summed E-state index contributed by atoms with van der Waals surface area (Å²) in [4.78, 5) is 16.0. The first-order valence-corrected chi connectivity index (χ1v) is 18.9. The molecule has 0 saturated carbocycles. The van der Waals surface area contributed by atoms with Crippen molar-refractivity contribution in [1.82, 2.24) is 19.5 Å². The lowest BCUT2D eigenvalue weighted by molar-refractivity contribution is 0.673. The van der Waals surface area contributed by atoms with Gasteiger partial charge in [0.25, 0.3) is 0 Å². The van der Waals surface area contributed by atoms with Gasteiger partial charge in [0, 0.05) is 49.3 Å². The minimum atomic E-state index is 0.596. The zero-order valence-corrected chi connectivity index (χ0v) is 30.0. The average Bonchev–Trinajstić information content (AvgIpc) is 3.82. The van der Waals surface area contributed by atoms with Crippen molar-refractivity contribution >= 4 is 76.1 Å². The number of furan rings is 1. The minimum Gasteiger partial charge on any atom is -0.455 e. The van der Waals surface area contributed by atoms with Gasteiger partial charge in [-0.25, -0.2) is 15.0 Å². The quantitative estimate of drug-likeness (QED) is 0.170. The summed E-state index contributed by atoms with van der Waals surface area (Å²) in [6.07, 6.45) is 0. The molecule has 0 bridgehead atoms. The number of rotatable bonds is 4. The zero-order valence-electron chi connectivity index (χ0n) is 30.0. The first-order valence-electron chi connectivity index (χ1n) is 18.9.